The number of halogens is 2. The summed E-state index contributed by atoms with van der Waals surface area (Å²) in [6.07, 6.45) is 1.17. The monoisotopic (exact) mass is 540 g/mol. The molecule has 0 bridgehead atoms. The number of aromatic nitrogens is 4. The van der Waals surface area contributed by atoms with Crippen LogP contribution in [0.2, 0.25) is 5.02 Å². The highest BCUT2D eigenvalue weighted by Crippen LogP contribution is 2.28. The third-order valence-corrected chi connectivity index (χ3v) is 8.44. The highest BCUT2D eigenvalue weighted by molar-refractivity contribution is 7.90. The Labute approximate surface area is 219 Å². The summed E-state index contributed by atoms with van der Waals surface area (Å²) < 4.78 is 39.4. The van der Waals surface area contributed by atoms with E-state index in [9.17, 15) is 12.8 Å². The van der Waals surface area contributed by atoms with Crippen LogP contribution in [0.5, 0.6) is 0 Å². The van der Waals surface area contributed by atoms with Gasteiger partial charge >= 0.3 is 0 Å². The van der Waals surface area contributed by atoms with Gasteiger partial charge in [-0.25, -0.2) is 27.8 Å². The largest absolute Gasteiger partial charge is 0.350 e. The van der Waals surface area contributed by atoms with Gasteiger partial charge in [0.15, 0.2) is 9.84 Å². The number of sulfone groups is 1. The number of nitrogens with zero attached hydrogens (tertiary/aromatic N) is 4. The number of rotatable bonds is 6. The molecular weight excluding hydrogens is 515 g/mol. The molecule has 1 aliphatic heterocycles. The average molecular weight is 541 g/mol. The Morgan fingerprint density at radius 3 is 2.68 bits per heavy atom. The van der Waals surface area contributed by atoms with Gasteiger partial charge in [0.05, 0.1) is 38.8 Å². The van der Waals surface area contributed by atoms with Crippen molar-refractivity contribution in [3.05, 3.63) is 70.6 Å². The molecule has 1 aliphatic rings. The summed E-state index contributed by atoms with van der Waals surface area (Å²) >= 11 is 6.10. The summed E-state index contributed by atoms with van der Waals surface area (Å²) in [5, 5.41) is 6.46. The van der Waals surface area contributed by atoms with Crippen molar-refractivity contribution in [3.63, 3.8) is 0 Å². The molecule has 0 radical (unpaired) electrons. The first kappa shape index (κ1) is 25.4. The maximum atomic E-state index is 13.7. The highest BCUT2D eigenvalue weighted by atomic mass is 35.5. The Morgan fingerprint density at radius 1 is 1.11 bits per heavy atom. The van der Waals surface area contributed by atoms with Gasteiger partial charge in [-0.1, -0.05) is 23.7 Å². The molecule has 8 nitrogen and oxygen atoms in total. The van der Waals surface area contributed by atoms with Gasteiger partial charge in [0.2, 0.25) is 5.95 Å². The first-order chi connectivity index (χ1) is 17.7. The van der Waals surface area contributed by atoms with Crippen molar-refractivity contribution >= 4 is 38.4 Å². The van der Waals surface area contributed by atoms with Gasteiger partial charge in [-0.05, 0) is 49.7 Å². The lowest BCUT2D eigenvalue weighted by Gasteiger charge is -2.26. The molecule has 11 heteroatoms. The van der Waals surface area contributed by atoms with E-state index in [1.165, 1.54) is 6.07 Å². The highest BCUT2D eigenvalue weighted by Gasteiger charge is 2.22. The van der Waals surface area contributed by atoms with Crippen molar-refractivity contribution < 1.29 is 12.8 Å². The standard InChI is InChI=1S/C26H26ClFN6O2S/c1-15-9-22(33-23-13-30-26(34-25(15)23)32-19-10-17(28)11-29-12-19)20-8-7-18(31-16(20)2)14-37(35,36)24-6-4-3-5-21(24)27/h3-9,13,17,19,29H,10-12,14H2,1-2H3,(H,30,32,34)/t17-,19-/m0/s1. The molecule has 192 valence electrons. The normalized spacial score (nSPS) is 18.2. The fourth-order valence-corrected chi connectivity index (χ4v) is 6.35. The minimum Gasteiger partial charge on any atom is -0.350 e. The second-order valence-electron chi connectivity index (χ2n) is 9.21. The molecule has 4 heterocycles. The van der Waals surface area contributed by atoms with Crippen LogP contribution < -0.4 is 10.6 Å². The zero-order chi connectivity index (χ0) is 26.2. The Morgan fingerprint density at radius 2 is 1.92 bits per heavy atom. The first-order valence-electron chi connectivity index (χ1n) is 11.9. The molecule has 0 saturated carbocycles. The van der Waals surface area contributed by atoms with Gasteiger partial charge in [-0.2, -0.15) is 0 Å². The Hall–Kier alpha value is -3.21. The van der Waals surface area contributed by atoms with E-state index >= 15 is 0 Å². The van der Waals surface area contributed by atoms with Crippen LogP contribution in [0.3, 0.4) is 0 Å². The van der Waals surface area contributed by atoms with Crippen LogP contribution in [0.25, 0.3) is 22.3 Å². The Balaban J connectivity index is 1.39. The first-order valence-corrected chi connectivity index (χ1v) is 13.9. The number of hydrogen-bond donors (Lipinski definition) is 2. The van der Waals surface area contributed by atoms with Crippen molar-refractivity contribution in [2.75, 3.05) is 18.4 Å². The minimum atomic E-state index is -3.65. The van der Waals surface area contributed by atoms with Crippen LogP contribution in [-0.4, -0.2) is 53.7 Å². The molecule has 2 atom stereocenters. The third-order valence-electron chi connectivity index (χ3n) is 6.30. The molecule has 5 rings (SSSR count). The van der Waals surface area contributed by atoms with Crippen LogP contribution in [0.15, 0.2) is 53.6 Å². The van der Waals surface area contributed by atoms with Crippen molar-refractivity contribution in [1.82, 2.24) is 25.3 Å². The van der Waals surface area contributed by atoms with Crippen molar-refractivity contribution in [2.45, 2.75) is 43.1 Å². The summed E-state index contributed by atoms with van der Waals surface area (Å²) in [7, 11) is -3.65. The lowest BCUT2D eigenvalue weighted by Crippen LogP contribution is -2.44. The molecule has 0 spiro atoms. The molecule has 0 amide bonds. The van der Waals surface area contributed by atoms with Gasteiger partial charge in [0, 0.05) is 36.8 Å². The number of anilines is 1. The van der Waals surface area contributed by atoms with Gasteiger partial charge in [0.1, 0.15) is 11.7 Å². The number of piperidine rings is 1. The lowest BCUT2D eigenvalue weighted by atomic mass is 10.1. The van der Waals surface area contributed by atoms with Gasteiger partial charge in [-0.3, -0.25) is 4.98 Å². The predicted octanol–water partition coefficient (Wildman–Crippen LogP) is 4.44. The fraction of sp³-hybridized carbons (Fsp3) is 0.308. The summed E-state index contributed by atoms with van der Waals surface area (Å²) in [6.45, 7) is 4.79. The topological polar surface area (TPSA) is 110 Å². The fourth-order valence-electron chi connectivity index (χ4n) is 4.51. The Kier molecular flexibility index (Phi) is 7.06. The van der Waals surface area contributed by atoms with E-state index in [-0.39, 0.29) is 21.7 Å². The number of hydrogen-bond acceptors (Lipinski definition) is 8. The molecule has 1 aromatic carbocycles. The molecule has 3 aromatic heterocycles. The summed E-state index contributed by atoms with van der Waals surface area (Å²) in [5.41, 5.74) is 4.78. The Bertz CT molecular complexity index is 1580. The predicted molar refractivity (Wildman–Crippen MR) is 142 cm³/mol. The van der Waals surface area contributed by atoms with Crippen molar-refractivity contribution in [2.24, 2.45) is 0 Å². The average Bonchev–Trinajstić information content (AvgIpc) is 2.84. The molecule has 0 aliphatic carbocycles. The smallest absolute Gasteiger partial charge is 0.223 e. The van der Waals surface area contributed by atoms with Gasteiger partial charge in [0.25, 0.3) is 0 Å². The third kappa shape index (κ3) is 5.56. The number of pyridine rings is 2. The zero-order valence-corrected chi connectivity index (χ0v) is 21.9. The molecule has 1 fully saturated rings. The van der Waals surface area contributed by atoms with Crippen molar-refractivity contribution in [3.8, 4) is 11.3 Å². The lowest BCUT2D eigenvalue weighted by molar-refractivity contribution is 0.254. The van der Waals surface area contributed by atoms with Crippen LogP contribution in [0.4, 0.5) is 10.3 Å². The quantitative estimate of drug-likeness (QED) is 0.369. The molecule has 2 N–H and O–H groups in total. The summed E-state index contributed by atoms with van der Waals surface area (Å²) in [5.74, 6) is 0.179. The van der Waals surface area contributed by atoms with E-state index in [1.54, 1.807) is 30.5 Å². The second kappa shape index (κ2) is 10.3. The maximum absolute atomic E-state index is 13.7. The number of fused-ring (bicyclic) bond motifs is 1. The molecule has 4 aromatic rings. The van der Waals surface area contributed by atoms with Crippen LogP contribution in [0.1, 0.15) is 23.4 Å². The van der Waals surface area contributed by atoms with Gasteiger partial charge < -0.3 is 10.6 Å². The number of nitrogens with one attached hydrogen (secondary N) is 2. The van der Waals surface area contributed by atoms with Crippen LogP contribution in [-0.2, 0) is 15.6 Å². The van der Waals surface area contributed by atoms with Crippen molar-refractivity contribution in [1.29, 1.82) is 0 Å². The second-order valence-corrected chi connectivity index (χ2v) is 11.6. The van der Waals surface area contributed by atoms with E-state index in [0.29, 0.717) is 53.6 Å². The van der Waals surface area contributed by atoms with Gasteiger partial charge in [-0.15, -0.1) is 0 Å². The van der Waals surface area contributed by atoms with E-state index in [0.717, 1.165) is 11.1 Å². The minimum absolute atomic E-state index is 0.0808. The number of benzene rings is 1. The summed E-state index contributed by atoms with van der Waals surface area (Å²) in [4.78, 5) is 18.4. The zero-order valence-electron chi connectivity index (χ0n) is 20.4. The van der Waals surface area contributed by atoms with E-state index in [4.69, 9.17) is 16.6 Å². The molecule has 0 unspecified atom stereocenters. The van der Waals surface area contributed by atoms with E-state index < -0.39 is 16.0 Å². The SMILES string of the molecule is Cc1nc(CS(=O)(=O)c2ccccc2Cl)ccc1-c1cc(C)c2nc(N[C@@H]3CNC[C@@H](F)C3)ncc2n1. The van der Waals surface area contributed by atoms with Crippen LogP contribution in [0, 0.1) is 13.8 Å². The maximum Gasteiger partial charge on any atom is 0.223 e. The molecular formula is C26H26ClFN6O2S. The van der Waals surface area contributed by atoms with E-state index in [1.807, 2.05) is 26.0 Å². The molecule has 37 heavy (non-hydrogen) atoms. The molecule has 1 saturated heterocycles. The number of aryl methyl sites for hydroxylation is 2. The van der Waals surface area contributed by atoms with E-state index in [2.05, 4.69) is 25.6 Å². The van der Waals surface area contributed by atoms with Crippen LogP contribution >= 0.6 is 11.6 Å². The number of alkyl halides is 1. The summed E-state index contributed by atoms with van der Waals surface area (Å²) in [6, 6.07) is 11.7.